The average Bonchev–Trinajstić information content (AvgIpc) is 2.89. The highest BCUT2D eigenvalue weighted by molar-refractivity contribution is 7.91. The van der Waals surface area contributed by atoms with E-state index in [4.69, 9.17) is 0 Å². The van der Waals surface area contributed by atoms with Crippen LogP contribution in [0.1, 0.15) is 12.5 Å². The highest BCUT2D eigenvalue weighted by Gasteiger charge is 2.44. The van der Waals surface area contributed by atoms with Crippen LogP contribution < -0.4 is 0 Å². The van der Waals surface area contributed by atoms with Gasteiger partial charge in [-0.15, -0.1) is 0 Å². The molecule has 0 amide bonds. The molecule has 2 aromatic rings. The van der Waals surface area contributed by atoms with E-state index in [-0.39, 0.29) is 12.1 Å². The number of benzene rings is 1. The molecule has 0 radical (unpaired) electrons. The van der Waals surface area contributed by atoms with Gasteiger partial charge in [-0.1, -0.05) is 6.07 Å². The predicted molar refractivity (Wildman–Crippen MR) is 74.6 cm³/mol. The van der Waals surface area contributed by atoms with E-state index < -0.39 is 32.3 Å². The molecular formula is C13H15F2N3O3S. The summed E-state index contributed by atoms with van der Waals surface area (Å²) in [5.74, 6) is -1.85. The number of hydrogen-bond acceptors (Lipinski definition) is 5. The minimum absolute atomic E-state index is 0.317. The quantitative estimate of drug-likeness (QED) is 0.879. The van der Waals surface area contributed by atoms with Gasteiger partial charge in [0.1, 0.15) is 29.9 Å². The third-order valence-electron chi connectivity index (χ3n) is 3.58. The molecule has 9 heteroatoms. The average molecular weight is 331 g/mol. The SMILES string of the molecule is C[C@@H]([C@@](O)(Cn1cncn1)c1ccc(F)cc1F)S(C)(=O)=O. The summed E-state index contributed by atoms with van der Waals surface area (Å²) in [7, 11) is -3.71. The zero-order chi connectivity index (χ0) is 16.5. The Bertz CT molecular complexity index is 765. The first-order valence-electron chi connectivity index (χ1n) is 6.34. The molecule has 0 aliphatic carbocycles. The topological polar surface area (TPSA) is 85.1 Å². The molecule has 120 valence electrons. The van der Waals surface area contributed by atoms with Crippen LogP contribution in [0.2, 0.25) is 0 Å². The summed E-state index contributed by atoms with van der Waals surface area (Å²) in [5, 5.41) is 13.3. The number of nitrogens with zero attached hydrogens (tertiary/aromatic N) is 3. The molecule has 0 aliphatic heterocycles. The molecule has 2 rings (SSSR count). The first-order chi connectivity index (χ1) is 10.1. The number of halogens is 2. The molecule has 0 fully saturated rings. The number of aromatic nitrogens is 3. The number of sulfone groups is 1. The van der Waals surface area contributed by atoms with Crippen molar-refractivity contribution in [2.45, 2.75) is 24.3 Å². The Morgan fingerprint density at radius 3 is 2.59 bits per heavy atom. The Morgan fingerprint density at radius 1 is 1.41 bits per heavy atom. The van der Waals surface area contributed by atoms with Gasteiger partial charge in [-0.05, 0) is 13.0 Å². The lowest BCUT2D eigenvalue weighted by molar-refractivity contribution is 0.0111. The summed E-state index contributed by atoms with van der Waals surface area (Å²) < 4.78 is 52.1. The Balaban J connectivity index is 2.58. The molecule has 22 heavy (non-hydrogen) atoms. The van der Waals surface area contributed by atoms with Crippen LogP contribution in [-0.2, 0) is 22.0 Å². The molecule has 0 unspecified atom stereocenters. The third-order valence-corrected chi connectivity index (χ3v) is 5.26. The smallest absolute Gasteiger partial charge is 0.153 e. The van der Waals surface area contributed by atoms with E-state index in [1.807, 2.05) is 0 Å². The first kappa shape index (κ1) is 16.5. The van der Waals surface area contributed by atoms with Crippen molar-refractivity contribution in [1.29, 1.82) is 0 Å². The molecule has 0 saturated heterocycles. The molecule has 2 atom stereocenters. The minimum atomic E-state index is -3.71. The molecule has 0 saturated carbocycles. The second-order valence-corrected chi connectivity index (χ2v) is 7.48. The maximum Gasteiger partial charge on any atom is 0.153 e. The van der Waals surface area contributed by atoms with Crippen LogP contribution in [0.4, 0.5) is 8.78 Å². The summed E-state index contributed by atoms with van der Waals surface area (Å²) in [6.07, 6.45) is 3.40. The summed E-state index contributed by atoms with van der Waals surface area (Å²) in [4.78, 5) is 3.70. The third kappa shape index (κ3) is 3.14. The van der Waals surface area contributed by atoms with Crippen molar-refractivity contribution in [3.05, 3.63) is 48.1 Å². The van der Waals surface area contributed by atoms with Crippen LogP contribution in [0.3, 0.4) is 0 Å². The van der Waals surface area contributed by atoms with E-state index in [0.29, 0.717) is 6.07 Å². The Morgan fingerprint density at radius 2 is 2.09 bits per heavy atom. The summed E-state index contributed by atoms with van der Waals surface area (Å²) in [6, 6.07) is 2.58. The van der Waals surface area contributed by atoms with Gasteiger partial charge in [0, 0.05) is 17.9 Å². The van der Waals surface area contributed by atoms with Crippen molar-refractivity contribution in [2.75, 3.05) is 6.26 Å². The lowest BCUT2D eigenvalue weighted by Gasteiger charge is -2.33. The highest BCUT2D eigenvalue weighted by atomic mass is 32.2. The van der Waals surface area contributed by atoms with Crippen LogP contribution in [0.15, 0.2) is 30.9 Å². The second kappa shape index (κ2) is 5.73. The highest BCUT2D eigenvalue weighted by Crippen LogP contribution is 2.33. The van der Waals surface area contributed by atoms with Gasteiger partial charge < -0.3 is 5.11 Å². The second-order valence-electron chi connectivity index (χ2n) is 5.11. The summed E-state index contributed by atoms with van der Waals surface area (Å²) in [6.45, 7) is 0.916. The largest absolute Gasteiger partial charge is 0.382 e. The normalized spacial score (nSPS) is 16.2. The van der Waals surface area contributed by atoms with Crippen LogP contribution in [0.25, 0.3) is 0 Å². The minimum Gasteiger partial charge on any atom is -0.382 e. The van der Waals surface area contributed by atoms with E-state index in [0.717, 1.165) is 18.4 Å². The van der Waals surface area contributed by atoms with Gasteiger partial charge in [-0.2, -0.15) is 5.10 Å². The van der Waals surface area contributed by atoms with Gasteiger partial charge in [0.2, 0.25) is 0 Å². The lowest BCUT2D eigenvalue weighted by atomic mass is 9.90. The van der Waals surface area contributed by atoms with Crippen molar-refractivity contribution < 1.29 is 22.3 Å². The zero-order valence-electron chi connectivity index (χ0n) is 11.9. The fraction of sp³-hybridized carbons (Fsp3) is 0.385. The van der Waals surface area contributed by atoms with E-state index in [1.165, 1.54) is 24.3 Å². The van der Waals surface area contributed by atoms with Crippen LogP contribution in [0.5, 0.6) is 0 Å². The van der Waals surface area contributed by atoms with Crippen LogP contribution in [-0.4, -0.2) is 39.8 Å². The van der Waals surface area contributed by atoms with Gasteiger partial charge in [0.15, 0.2) is 9.84 Å². The summed E-state index contributed by atoms with van der Waals surface area (Å²) >= 11 is 0. The fourth-order valence-electron chi connectivity index (χ4n) is 2.19. The molecule has 0 bridgehead atoms. The molecule has 1 N–H and O–H groups in total. The van der Waals surface area contributed by atoms with Crippen molar-refractivity contribution >= 4 is 9.84 Å². The van der Waals surface area contributed by atoms with Gasteiger partial charge in [0.05, 0.1) is 11.8 Å². The Hall–Kier alpha value is -1.87. The molecule has 1 aromatic carbocycles. The molecule has 0 aliphatic rings. The molecule has 6 nitrogen and oxygen atoms in total. The van der Waals surface area contributed by atoms with Crippen molar-refractivity contribution in [3.63, 3.8) is 0 Å². The van der Waals surface area contributed by atoms with Gasteiger partial charge >= 0.3 is 0 Å². The van der Waals surface area contributed by atoms with Crippen LogP contribution >= 0.6 is 0 Å². The summed E-state index contributed by atoms with van der Waals surface area (Å²) in [5.41, 5.74) is -2.44. The number of rotatable bonds is 5. The van der Waals surface area contributed by atoms with Crippen molar-refractivity contribution in [2.24, 2.45) is 0 Å². The van der Waals surface area contributed by atoms with Crippen molar-refractivity contribution in [3.8, 4) is 0 Å². The molecule has 1 heterocycles. The van der Waals surface area contributed by atoms with Crippen molar-refractivity contribution in [1.82, 2.24) is 14.8 Å². The zero-order valence-corrected chi connectivity index (χ0v) is 12.8. The first-order valence-corrected chi connectivity index (χ1v) is 8.29. The van der Waals surface area contributed by atoms with Gasteiger partial charge in [0.25, 0.3) is 0 Å². The van der Waals surface area contributed by atoms with E-state index in [1.54, 1.807) is 0 Å². The van der Waals surface area contributed by atoms with Gasteiger partial charge in [-0.3, -0.25) is 0 Å². The van der Waals surface area contributed by atoms with Crippen LogP contribution in [0, 0.1) is 11.6 Å². The fourth-order valence-corrected chi connectivity index (χ4v) is 3.10. The van der Waals surface area contributed by atoms with E-state index in [2.05, 4.69) is 10.1 Å². The predicted octanol–water partition coefficient (Wildman–Crippen LogP) is 0.877. The maximum atomic E-state index is 14.1. The van der Waals surface area contributed by atoms with E-state index in [9.17, 15) is 22.3 Å². The monoisotopic (exact) mass is 331 g/mol. The Kier molecular flexibility index (Phi) is 4.30. The standard InChI is InChI=1S/C13H15F2N3O3S/c1-9(22(2,20)21)13(19,6-18-8-16-7-17-18)11-4-3-10(14)5-12(11)15/h3-5,7-9,19H,6H2,1-2H3/t9-,13-/m0/s1. The Labute approximate surface area is 126 Å². The molecule has 0 spiro atoms. The van der Waals surface area contributed by atoms with E-state index >= 15 is 0 Å². The maximum absolute atomic E-state index is 14.1. The number of hydrogen-bond donors (Lipinski definition) is 1. The van der Waals surface area contributed by atoms with Gasteiger partial charge in [-0.25, -0.2) is 26.9 Å². The molecular weight excluding hydrogens is 316 g/mol. The lowest BCUT2D eigenvalue weighted by Crippen LogP contribution is -2.46. The molecule has 1 aromatic heterocycles. The number of aliphatic hydroxyl groups is 1.